The van der Waals surface area contributed by atoms with Gasteiger partial charge in [-0.1, -0.05) is 18.6 Å². The van der Waals surface area contributed by atoms with E-state index in [2.05, 4.69) is 21.7 Å². The predicted molar refractivity (Wildman–Crippen MR) is 148 cm³/mol. The molecule has 2 aliphatic rings. The lowest BCUT2D eigenvalue weighted by Crippen LogP contribution is -2.33. The summed E-state index contributed by atoms with van der Waals surface area (Å²) in [6.07, 6.45) is 6.29. The summed E-state index contributed by atoms with van der Waals surface area (Å²) in [7, 11) is 0. The SMILES string of the molecule is CCN(Cc1ccc(OCCN2CCCCC2)c(F)c1)c1ccc(O)nc1C1CCc2cc(O)ccc2C1. The van der Waals surface area contributed by atoms with Crippen molar-refractivity contribution in [1.82, 2.24) is 9.88 Å². The van der Waals surface area contributed by atoms with E-state index in [0.29, 0.717) is 31.2 Å². The maximum atomic E-state index is 14.9. The van der Waals surface area contributed by atoms with E-state index in [1.54, 1.807) is 24.3 Å². The van der Waals surface area contributed by atoms with Crippen molar-refractivity contribution < 1.29 is 19.3 Å². The van der Waals surface area contributed by atoms with Crippen LogP contribution in [0.25, 0.3) is 0 Å². The monoisotopic (exact) mass is 519 g/mol. The lowest BCUT2D eigenvalue weighted by molar-refractivity contribution is 0.180. The van der Waals surface area contributed by atoms with Crippen LogP contribution >= 0.6 is 0 Å². The van der Waals surface area contributed by atoms with Crippen molar-refractivity contribution in [2.24, 2.45) is 0 Å². The molecule has 0 saturated carbocycles. The average molecular weight is 520 g/mol. The van der Waals surface area contributed by atoms with E-state index in [1.165, 1.54) is 30.4 Å². The molecule has 1 atom stereocenters. The molecule has 3 aromatic rings. The fourth-order valence-corrected chi connectivity index (χ4v) is 5.81. The Morgan fingerprint density at radius 3 is 2.66 bits per heavy atom. The molecule has 7 heteroatoms. The van der Waals surface area contributed by atoms with Crippen LogP contribution < -0.4 is 9.64 Å². The Morgan fingerprint density at radius 1 is 1.03 bits per heavy atom. The van der Waals surface area contributed by atoms with Crippen molar-refractivity contribution >= 4 is 5.69 Å². The average Bonchev–Trinajstić information content (AvgIpc) is 2.93. The van der Waals surface area contributed by atoms with Gasteiger partial charge in [0.25, 0.3) is 0 Å². The highest BCUT2D eigenvalue weighted by atomic mass is 19.1. The van der Waals surface area contributed by atoms with Gasteiger partial charge < -0.3 is 19.8 Å². The summed E-state index contributed by atoms with van der Waals surface area (Å²) in [5.41, 5.74) is 5.06. The molecule has 1 unspecified atom stereocenters. The van der Waals surface area contributed by atoms with Gasteiger partial charge in [0.2, 0.25) is 5.88 Å². The lowest BCUT2D eigenvalue weighted by Gasteiger charge is -2.30. The number of hydrogen-bond acceptors (Lipinski definition) is 6. The van der Waals surface area contributed by atoms with Gasteiger partial charge in [-0.3, -0.25) is 4.90 Å². The van der Waals surface area contributed by atoms with E-state index in [9.17, 15) is 14.6 Å². The van der Waals surface area contributed by atoms with Gasteiger partial charge in [0.05, 0.1) is 11.4 Å². The molecule has 1 aliphatic carbocycles. The van der Waals surface area contributed by atoms with Crippen LogP contribution in [0.2, 0.25) is 0 Å². The third kappa shape index (κ3) is 6.21. The van der Waals surface area contributed by atoms with E-state index in [0.717, 1.165) is 55.8 Å². The molecule has 38 heavy (non-hydrogen) atoms. The fraction of sp³-hybridized carbons (Fsp3) is 0.452. The first kappa shape index (κ1) is 26.3. The van der Waals surface area contributed by atoms with E-state index >= 15 is 0 Å². The molecule has 6 nitrogen and oxygen atoms in total. The minimum Gasteiger partial charge on any atom is -0.508 e. The van der Waals surface area contributed by atoms with Gasteiger partial charge in [-0.2, -0.15) is 0 Å². The Morgan fingerprint density at radius 2 is 1.87 bits per heavy atom. The molecule has 0 amide bonds. The standard InChI is InChI=1S/C31H38FN3O3/c1-2-35(21-22-6-12-29(27(32)18-22)38-17-16-34-14-4-3-5-15-34)28-11-13-30(37)33-31(28)25-8-7-24-20-26(36)10-9-23(24)19-25/h6,9-13,18,20,25,36H,2-5,7-8,14-17,19,21H2,1H3,(H,33,37). The zero-order chi connectivity index (χ0) is 26.5. The number of phenolic OH excluding ortho intramolecular Hbond substituents is 1. The molecule has 1 fully saturated rings. The van der Waals surface area contributed by atoms with Crippen molar-refractivity contribution in [1.29, 1.82) is 0 Å². The first-order valence-corrected chi connectivity index (χ1v) is 13.9. The maximum absolute atomic E-state index is 14.9. The number of hydrogen-bond donors (Lipinski definition) is 2. The second-order valence-corrected chi connectivity index (χ2v) is 10.5. The number of ether oxygens (including phenoxy) is 1. The van der Waals surface area contributed by atoms with Crippen LogP contribution in [0.5, 0.6) is 17.4 Å². The number of aromatic hydroxyl groups is 2. The van der Waals surface area contributed by atoms with Crippen molar-refractivity contribution in [3.63, 3.8) is 0 Å². The van der Waals surface area contributed by atoms with Gasteiger partial charge in [0.1, 0.15) is 12.4 Å². The number of anilines is 1. The van der Waals surface area contributed by atoms with Crippen molar-refractivity contribution in [3.05, 3.63) is 76.7 Å². The van der Waals surface area contributed by atoms with E-state index < -0.39 is 0 Å². The van der Waals surface area contributed by atoms with Crippen LogP contribution in [0.4, 0.5) is 10.1 Å². The highest BCUT2D eigenvalue weighted by molar-refractivity contribution is 5.55. The largest absolute Gasteiger partial charge is 0.508 e. The molecule has 202 valence electrons. The number of phenols is 1. The number of piperidine rings is 1. The molecule has 2 N–H and O–H groups in total. The van der Waals surface area contributed by atoms with Gasteiger partial charge >= 0.3 is 0 Å². The number of fused-ring (bicyclic) bond motifs is 1. The zero-order valence-electron chi connectivity index (χ0n) is 22.2. The van der Waals surface area contributed by atoms with E-state index in [4.69, 9.17) is 4.74 Å². The maximum Gasteiger partial charge on any atom is 0.211 e. The topological polar surface area (TPSA) is 69.1 Å². The van der Waals surface area contributed by atoms with Gasteiger partial charge in [0.15, 0.2) is 11.6 Å². The Bertz CT molecular complexity index is 1250. The summed E-state index contributed by atoms with van der Waals surface area (Å²) in [4.78, 5) is 9.13. The van der Waals surface area contributed by atoms with Gasteiger partial charge in [0, 0.05) is 31.6 Å². The minimum absolute atomic E-state index is 0.00778. The summed E-state index contributed by atoms with van der Waals surface area (Å²) in [6.45, 7) is 6.83. The minimum atomic E-state index is -0.339. The van der Waals surface area contributed by atoms with Gasteiger partial charge in [-0.15, -0.1) is 0 Å². The van der Waals surface area contributed by atoms with Crippen molar-refractivity contribution in [2.45, 2.75) is 57.9 Å². The summed E-state index contributed by atoms with van der Waals surface area (Å²) < 4.78 is 20.7. The first-order chi connectivity index (χ1) is 18.5. The number of aromatic nitrogens is 1. The van der Waals surface area contributed by atoms with Gasteiger partial charge in [-0.25, -0.2) is 9.37 Å². The highest BCUT2D eigenvalue weighted by Gasteiger charge is 2.26. The fourth-order valence-electron chi connectivity index (χ4n) is 5.81. The molecule has 0 spiro atoms. The molecule has 5 rings (SSSR count). The highest BCUT2D eigenvalue weighted by Crippen LogP contribution is 2.38. The Kier molecular flexibility index (Phi) is 8.32. The lowest BCUT2D eigenvalue weighted by atomic mass is 9.81. The third-order valence-electron chi connectivity index (χ3n) is 7.90. The summed E-state index contributed by atoms with van der Waals surface area (Å²) >= 11 is 0. The second kappa shape index (κ2) is 12.0. The van der Waals surface area contributed by atoms with E-state index in [1.807, 2.05) is 24.3 Å². The quantitative estimate of drug-likeness (QED) is 0.373. The number of halogens is 1. The number of aryl methyl sites for hydroxylation is 1. The molecule has 2 heterocycles. The number of rotatable bonds is 9. The van der Waals surface area contributed by atoms with E-state index in [-0.39, 0.29) is 17.6 Å². The molecule has 1 aromatic heterocycles. The Labute approximate surface area is 224 Å². The normalized spacial score (nSPS) is 17.7. The number of benzene rings is 2. The Balaban J connectivity index is 1.28. The summed E-state index contributed by atoms with van der Waals surface area (Å²) in [6, 6.07) is 14.3. The van der Waals surface area contributed by atoms with Crippen LogP contribution in [0.15, 0.2) is 48.5 Å². The molecule has 1 saturated heterocycles. The van der Waals surface area contributed by atoms with Crippen LogP contribution in [0.3, 0.4) is 0 Å². The molecule has 0 radical (unpaired) electrons. The first-order valence-electron chi connectivity index (χ1n) is 13.9. The number of likely N-dealkylation sites (tertiary alicyclic amines) is 1. The molecule has 2 aromatic carbocycles. The molecule has 0 bridgehead atoms. The smallest absolute Gasteiger partial charge is 0.211 e. The van der Waals surface area contributed by atoms with Crippen LogP contribution in [-0.4, -0.2) is 52.9 Å². The summed E-state index contributed by atoms with van der Waals surface area (Å²) in [5.74, 6) is 0.409. The van der Waals surface area contributed by atoms with Crippen molar-refractivity contribution in [2.75, 3.05) is 37.7 Å². The Hall–Kier alpha value is -3.32. The second-order valence-electron chi connectivity index (χ2n) is 10.5. The van der Waals surface area contributed by atoms with Gasteiger partial charge in [-0.05, 0) is 99.1 Å². The number of pyridine rings is 1. The number of nitrogens with zero attached hydrogens (tertiary/aromatic N) is 3. The van der Waals surface area contributed by atoms with Crippen LogP contribution in [0, 0.1) is 5.82 Å². The summed E-state index contributed by atoms with van der Waals surface area (Å²) in [5, 5.41) is 20.1. The van der Waals surface area contributed by atoms with Crippen molar-refractivity contribution in [3.8, 4) is 17.4 Å². The third-order valence-corrected chi connectivity index (χ3v) is 7.90. The molecular weight excluding hydrogens is 481 g/mol. The molecular formula is C31H38FN3O3. The van der Waals surface area contributed by atoms with Crippen LogP contribution in [0.1, 0.15) is 60.9 Å². The van der Waals surface area contributed by atoms with Crippen LogP contribution in [-0.2, 0) is 19.4 Å². The zero-order valence-corrected chi connectivity index (χ0v) is 22.2. The molecule has 1 aliphatic heterocycles. The predicted octanol–water partition coefficient (Wildman–Crippen LogP) is 5.80.